The highest BCUT2D eigenvalue weighted by Crippen LogP contribution is 2.33. The van der Waals surface area contributed by atoms with Crippen LogP contribution in [0.2, 0.25) is 0 Å². The molecule has 1 aliphatic rings. The number of halogens is 5. The number of carbonyl (C=O) groups excluding carboxylic acids is 1. The second kappa shape index (κ2) is 10.8. The van der Waals surface area contributed by atoms with E-state index in [4.69, 9.17) is 14.2 Å². The van der Waals surface area contributed by atoms with Gasteiger partial charge in [-0.2, -0.15) is 13.2 Å². The maximum Gasteiger partial charge on any atom is 0.416 e. The lowest BCUT2D eigenvalue weighted by atomic mass is 10.0. The van der Waals surface area contributed by atoms with Gasteiger partial charge in [0.25, 0.3) is 0 Å². The van der Waals surface area contributed by atoms with E-state index in [-0.39, 0.29) is 28.4 Å². The molecule has 4 nitrogen and oxygen atoms in total. The lowest BCUT2D eigenvalue weighted by molar-refractivity contribution is -0.206. The topological polar surface area (TPSA) is 44.8 Å². The monoisotopic (exact) mass is 506 g/mol. The summed E-state index contributed by atoms with van der Waals surface area (Å²) < 4.78 is 83.9. The first-order chi connectivity index (χ1) is 17.2. The lowest BCUT2D eigenvalue weighted by Gasteiger charge is -2.29. The van der Waals surface area contributed by atoms with Crippen LogP contribution in [0.5, 0.6) is 5.75 Å². The van der Waals surface area contributed by atoms with E-state index in [1.54, 1.807) is 0 Å². The Hall–Kier alpha value is -3.30. The smallest absolute Gasteiger partial charge is 0.416 e. The molecule has 0 amide bonds. The predicted molar refractivity (Wildman–Crippen MR) is 121 cm³/mol. The molecule has 0 aliphatic carbocycles. The molecule has 36 heavy (non-hydrogen) atoms. The fourth-order valence-electron chi connectivity index (χ4n) is 3.95. The number of carbonyl (C=O) groups is 1. The maximum atomic E-state index is 14.7. The van der Waals surface area contributed by atoms with Crippen LogP contribution in [-0.4, -0.2) is 19.2 Å². The first-order valence-electron chi connectivity index (χ1n) is 11.4. The van der Waals surface area contributed by atoms with E-state index in [9.17, 15) is 26.7 Å². The molecule has 1 fully saturated rings. The van der Waals surface area contributed by atoms with Gasteiger partial charge in [-0.25, -0.2) is 13.6 Å². The van der Waals surface area contributed by atoms with Crippen molar-refractivity contribution in [1.82, 2.24) is 0 Å². The van der Waals surface area contributed by atoms with Crippen molar-refractivity contribution in [3.63, 3.8) is 0 Å². The fraction of sp³-hybridized carbons (Fsp3) is 0.296. The summed E-state index contributed by atoms with van der Waals surface area (Å²) in [5.41, 5.74) is -0.551. The number of benzene rings is 3. The molecule has 0 N–H and O–H groups in total. The van der Waals surface area contributed by atoms with E-state index in [0.29, 0.717) is 18.8 Å². The molecule has 1 aliphatic heterocycles. The molecule has 1 saturated heterocycles. The molecular formula is C27H23F5O4. The Labute approximate surface area is 204 Å². The molecule has 0 bridgehead atoms. The normalized spacial score (nSPS) is 18.2. The van der Waals surface area contributed by atoms with Crippen LogP contribution in [0.1, 0.15) is 47.5 Å². The average molecular weight is 506 g/mol. The van der Waals surface area contributed by atoms with Gasteiger partial charge in [-0.1, -0.05) is 31.5 Å². The fourth-order valence-corrected chi connectivity index (χ4v) is 3.95. The third-order valence-corrected chi connectivity index (χ3v) is 5.82. The SMILES string of the molecule is CCCC1COC(c2ccc(C(=O)Oc3ccc(-c4ccc(C(F)(F)F)cc4)c(F)c3)c(F)c2)OC1. The van der Waals surface area contributed by atoms with Crippen molar-refractivity contribution in [2.24, 2.45) is 5.92 Å². The molecule has 3 aromatic rings. The Morgan fingerprint density at radius 3 is 2.22 bits per heavy atom. The van der Waals surface area contributed by atoms with Crippen molar-refractivity contribution in [3.05, 3.63) is 89.0 Å². The Bertz CT molecular complexity index is 1220. The number of alkyl halides is 3. The molecule has 0 saturated carbocycles. The Kier molecular flexibility index (Phi) is 7.70. The summed E-state index contributed by atoms with van der Waals surface area (Å²) >= 11 is 0. The van der Waals surface area contributed by atoms with Crippen molar-refractivity contribution >= 4 is 5.97 Å². The van der Waals surface area contributed by atoms with Crippen molar-refractivity contribution in [3.8, 4) is 16.9 Å². The molecule has 190 valence electrons. The number of hydrogen-bond acceptors (Lipinski definition) is 4. The zero-order chi connectivity index (χ0) is 25.9. The first kappa shape index (κ1) is 25.8. The Morgan fingerprint density at radius 1 is 0.944 bits per heavy atom. The minimum Gasteiger partial charge on any atom is -0.423 e. The molecule has 0 unspecified atom stereocenters. The van der Waals surface area contributed by atoms with E-state index < -0.39 is 35.6 Å². The van der Waals surface area contributed by atoms with Gasteiger partial charge in [-0.15, -0.1) is 0 Å². The lowest BCUT2D eigenvalue weighted by Crippen LogP contribution is -2.27. The highest BCUT2D eigenvalue weighted by atomic mass is 19.4. The molecule has 9 heteroatoms. The van der Waals surface area contributed by atoms with Gasteiger partial charge in [0.15, 0.2) is 6.29 Å². The minimum atomic E-state index is -4.50. The zero-order valence-corrected chi connectivity index (χ0v) is 19.3. The van der Waals surface area contributed by atoms with Crippen molar-refractivity contribution < 1.29 is 41.0 Å². The number of ether oxygens (including phenoxy) is 3. The highest BCUT2D eigenvalue weighted by Gasteiger charge is 2.30. The van der Waals surface area contributed by atoms with E-state index in [1.165, 1.54) is 24.3 Å². The largest absolute Gasteiger partial charge is 0.423 e. The van der Waals surface area contributed by atoms with Crippen LogP contribution in [-0.2, 0) is 15.7 Å². The van der Waals surface area contributed by atoms with Gasteiger partial charge in [-0.3, -0.25) is 0 Å². The van der Waals surface area contributed by atoms with E-state index >= 15 is 0 Å². The van der Waals surface area contributed by atoms with Crippen LogP contribution >= 0.6 is 0 Å². The van der Waals surface area contributed by atoms with Gasteiger partial charge < -0.3 is 14.2 Å². The summed E-state index contributed by atoms with van der Waals surface area (Å²) in [5.74, 6) is -2.59. The standard InChI is InChI=1S/C27H23F5O4/c1-2-3-16-14-34-26(35-15-16)18-6-10-22(23(28)12-18)25(33)36-20-9-11-21(24(29)13-20)17-4-7-19(8-5-17)27(30,31)32/h4-13,16,26H,2-3,14-15H2,1H3. The molecule has 0 atom stereocenters. The van der Waals surface area contributed by atoms with Crippen LogP contribution in [0.4, 0.5) is 22.0 Å². The second-order valence-electron chi connectivity index (χ2n) is 8.50. The van der Waals surface area contributed by atoms with Gasteiger partial charge in [-0.05, 0) is 48.4 Å². The molecular weight excluding hydrogens is 483 g/mol. The molecule has 0 spiro atoms. The molecule has 4 rings (SSSR count). The minimum absolute atomic E-state index is 0.0210. The van der Waals surface area contributed by atoms with Crippen LogP contribution < -0.4 is 4.74 Å². The van der Waals surface area contributed by atoms with Crippen molar-refractivity contribution in [1.29, 1.82) is 0 Å². The maximum absolute atomic E-state index is 14.7. The van der Waals surface area contributed by atoms with Crippen molar-refractivity contribution in [2.45, 2.75) is 32.2 Å². The van der Waals surface area contributed by atoms with Crippen LogP contribution in [0.3, 0.4) is 0 Å². The van der Waals surface area contributed by atoms with Gasteiger partial charge in [0.05, 0.1) is 24.3 Å². The van der Waals surface area contributed by atoms with Crippen LogP contribution in [0.15, 0.2) is 60.7 Å². The average Bonchev–Trinajstić information content (AvgIpc) is 2.84. The van der Waals surface area contributed by atoms with Crippen LogP contribution in [0.25, 0.3) is 11.1 Å². The number of esters is 1. The highest BCUT2D eigenvalue weighted by molar-refractivity contribution is 5.91. The van der Waals surface area contributed by atoms with Crippen molar-refractivity contribution in [2.75, 3.05) is 13.2 Å². The van der Waals surface area contributed by atoms with Gasteiger partial charge in [0.2, 0.25) is 0 Å². The third-order valence-electron chi connectivity index (χ3n) is 5.82. The third kappa shape index (κ3) is 5.91. The second-order valence-corrected chi connectivity index (χ2v) is 8.50. The zero-order valence-electron chi connectivity index (χ0n) is 19.3. The Morgan fingerprint density at radius 2 is 1.64 bits per heavy atom. The predicted octanol–water partition coefficient (Wildman–Crippen LogP) is 7.33. The summed E-state index contributed by atoms with van der Waals surface area (Å²) in [6.07, 6.45) is -3.26. The quantitative estimate of drug-likeness (QED) is 0.200. The molecule has 3 aromatic carbocycles. The van der Waals surface area contributed by atoms with Gasteiger partial charge >= 0.3 is 12.1 Å². The van der Waals surface area contributed by atoms with E-state index in [2.05, 4.69) is 6.92 Å². The summed E-state index contributed by atoms with van der Waals surface area (Å²) in [6.45, 7) is 3.07. The molecule has 0 radical (unpaired) electrons. The summed E-state index contributed by atoms with van der Waals surface area (Å²) in [6, 6.07) is 11.3. The van der Waals surface area contributed by atoms with E-state index in [0.717, 1.165) is 49.2 Å². The first-order valence-corrected chi connectivity index (χ1v) is 11.4. The number of rotatable bonds is 6. The van der Waals surface area contributed by atoms with Gasteiger partial charge in [0.1, 0.15) is 17.4 Å². The molecule has 0 aromatic heterocycles. The molecule has 1 heterocycles. The van der Waals surface area contributed by atoms with Gasteiger partial charge in [0, 0.05) is 23.1 Å². The number of hydrogen-bond donors (Lipinski definition) is 0. The Balaban J connectivity index is 1.43. The summed E-state index contributed by atoms with van der Waals surface area (Å²) in [4.78, 5) is 12.5. The summed E-state index contributed by atoms with van der Waals surface area (Å²) in [5, 5.41) is 0. The van der Waals surface area contributed by atoms with E-state index in [1.807, 2.05) is 0 Å². The van der Waals surface area contributed by atoms with Crippen LogP contribution in [0, 0.1) is 17.6 Å². The summed E-state index contributed by atoms with van der Waals surface area (Å²) in [7, 11) is 0.